The number of para-hydroxylation sites is 1. The zero-order valence-corrected chi connectivity index (χ0v) is 14.1. The molecule has 1 heterocycles. The molecule has 1 amide bonds. The van der Waals surface area contributed by atoms with Crippen LogP contribution in [0.5, 0.6) is 11.5 Å². The van der Waals surface area contributed by atoms with Crippen molar-refractivity contribution < 1.29 is 14.3 Å². The average molecular weight is 329 g/mol. The van der Waals surface area contributed by atoms with Gasteiger partial charge >= 0.3 is 0 Å². The van der Waals surface area contributed by atoms with Crippen LogP contribution < -0.4 is 14.4 Å². The summed E-state index contributed by atoms with van der Waals surface area (Å²) in [6.07, 6.45) is 0.933. The van der Waals surface area contributed by atoms with Crippen molar-refractivity contribution in [3.05, 3.63) is 48.0 Å². The highest BCUT2D eigenvalue weighted by Gasteiger charge is 2.23. The third-order valence-corrected chi connectivity index (χ3v) is 4.88. The molecule has 0 aromatic heterocycles. The van der Waals surface area contributed by atoms with Gasteiger partial charge < -0.3 is 14.4 Å². The molecule has 0 aliphatic carbocycles. The number of rotatable bonds is 5. The van der Waals surface area contributed by atoms with Gasteiger partial charge in [0.15, 0.2) is 11.5 Å². The zero-order chi connectivity index (χ0) is 16.2. The number of nitrogens with zero attached hydrogens (tertiary/aromatic N) is 1. The number of hydrogen-bond acceptors (Lipinski definition) is 4. The van der Waals surface area contributed by atoms with E-state index in [1.807, 2.05) is 41.3 Å². The first-order valence-corrected chi connectivity index (χ1v) is 8.44. The lowest BCUT2D eigenvalue weighted by Gasteiger charge is -2.17. The van der Waals surface area contributed by atoms with E-state index in [1.54, 1.807) is 14.2 Å². The molecule has 0 radical (unpaired) electrons. The average Bonchev–Trinajstić information content (AvgIpc) is 3.03. The molecular weight excluding hydrogens is 310 g/mol. The molecule has 1 aliphatic rings. The predicted octanol–water partition coefficient (Wildman–Crippen LogP) is 3.39. The number of amides is 1. The molecule has 2 aromatic rings. The van der Waals surface area contributed by atoms with Gasteiger partial charge in [0.25, 0.3) is 0 Å². The van der Waals surface area contributed by atoms with Gasteiger partial charge in [-0.15, -0.1) is 11.8 Å². The lowest BCUT2D eigenvalue weighted by Crippen LogP contribution is -2.30. The first-order chi connectivity index (χ1) is 11.2. The fourth-order valence-electron chi connectivity index (χ4n) is 2.73. The van der Waals surface area contributed by atoms with E-state index < -0.39 is 0 Å². The molecule has 0 bridgehead atoms. The van der Waals surface area contributed by atoms with E-state index in [0.29, 0.717) is 17.3 Å². The molecule has 0 atom stereocenters. The maximum absolute atomic E-state index is 12.5. The van der Waals surface area contributed by atoms with Crippen LogP contribution in [0.25, 0.3) is 0 Å². The molecule has 0 fully saturated rings. The van der Waals surface area contributed by atoms with Crippen LogP contribution in [0, 0.1) is 0 Å². The lowest BCUT2D eigenvalue weighted by atomic mass is 10.2. The molecule has 2 aromatic carbocycles. The lowest BCUT2D eigenvalue weighted by molar-refractivity contribution is -0.116. The van der Waals surface area contributed by atoms with E-state index in [-0.39, 0.29) is 5.91 Å². The number of carbonyl (C=O) groups is 1. The Hall–Kier alpha value is -2.14. The Bertz CT molecular complexity index is 717. The zero-order valence-electron chi connectivity index (χ0n) is 13.2. The van der Waals surface area contributed by atoms with Gasteiger partial charge in [0.2, 0.25) is 5.91 Å². The van der Waals surface area contributed by atoms with Crippen molar-refractivity contribution in [2.45, 2.75) is 11.3 Å². The quantitative estimate of drug-likeness (QED) is 0.788. The molecule has 1 aliphatic heterocycles. The van der Waals surface area contributed by atoms with Crippen molar-refractivity contribution in [2.24, 2.45) is 0 Å². The highest BCUT2D eigenvalue weighted by Crippen LogP contribution is 2.33. The fraction of sp³-hybridized carbons (Fsp3) is 0.278. The van der Waals surface area contributed by atoms with E-state index in [0.717, 1.165) is 23.5 Å². The van der Waals surface area contributed by atoms with Crippen LogP contribution in [-0.2, 0) is 11.2 Å². The number of ether oxygens (including phenoxy) is 2. The van der Waals surface area contributed by atoms with Gasteiger partial charge in [-0.05, 0) is 36.2 Å². The second-order valence-electron chi connectivity index (χ2n) is 5.23. The van der Waals surface area contributed by atoms with Gasteiger partial charge in [-0.25, -0.2) is 0 Å². The summed E-state index contributed by atoms with van der Waals surface area (Å²) in [5.41, 5.74) is 2.29. The molecule has 120 valence electrons. The van der Waals surface area contributed by atoms with Crippen LogP contribution in [0.15, 0.2) is 47.4 Å². The number of benzene rings is 2. The van der Waals surface area contributed by atoms with Gasteiger partial charge in [-0.1, -0.05) is 18.2 Å². The van der Waals surface area contributed by atoms with Gasteiger partial charge in [0.05, 0.1) is 20.0 Å². The molecule has 0 saturated heterocycles. The molecule has 0 N–H and O–H groups in total. The van der Waals surface area contributed by atoms with Crippen LogP contribution in [0.4, 0.5) is 5.69 Å². The Balaban J connectivity index is 1.66. The largest absolute Gasteiger partial charge is 0.493 e. The van der Waals surface area contributed by atoms with Crippen molar-refractivity contribution in [3.63, 3.8) is 0 Å². The summed E-state index contributed by atoms with van der Waals surface area (Å²) in [5.74, 6) is 1.91. The summed E-state index contributed by atoms with van der Waals surface area (Å²) in [6.45, 7) is 0.769. The van der Waals surface area contributed by atoms with Crippen LogP contribution in [0.2, 0.25) is 0 Å². The van der Waals surface area contributed by atoms with Crippen molar-refractivity contribution >= 4 is 23.4 Å². The monoisotopic (exact) mass is 329 g/mol. The van der Waals surface area contributed by atoms with Gasteiger partial charge in [-0.3, -0.25) is 4.79 Å². The van der Waals surface area contributed by atoms with Crippen LogP contribution in [0.1, 0.15) is 5.56 Å². The number of hydrogen-bond donors (Lipinski definition) is 0. The number of anilines is 1. The standard InChI is InChI=1S/C18H19NO3S/c1-21-16-8-7-14(11-17(16)22-2)23-12-18(20)19-10-9-13-5-3-4-6-15(13)19/h3-8,11H,9-10,12H2,1-2H3. The topological polar surface area (TPSA) is 38.8 Å². The van der Waals surface area contributed by atoms with E-state index in [4.69, 9.17) is 9.47 Å². The molecule has 3 rings (SSSR count). The SMILES string of the molecule is COc1ccc(SCC(=O)N2CCc3ccccc32)cc1OC. The van der Waals surface area contributed by atoms with Crippen molar-refractivity contribution in [3.8, 4) is 11.5 Å². The first kappa shape index (κ1) is 15.7. The molecule has 5 heteroatoms. The number of fused-ring (bicyclic) bond motifs is 1. The minimum absolute atomic E-state index is 0.134. The summed E-state index contributed by atoms with van der Waals surface area (Å²) in [5, 5.41) is 0. The number of thioether (sulfide) groups is 1. The molecule has 0 saturated carbocycles. The molecule has 0 spiro atoms. The molecule has 0 unspecified atom stereocenters. The highest BCUT2D eigenvalue weighted by atomic mass is 32.2. The summed E-state index contributed by atoms with van der Waals surface area (Å²) in [4.78, 5) is 15.4. The summed E-state index contributed by atoms with van der Waals surface area (Å²) in [6, 6.07) is 13.8. The van der Waals surface area contributed by atoms with Gasteiger partial charge in [-0.2, -0.15) is 0 Å². The Labute approximate surface area is 140 Å². The third kappa shape index (κ3) is 3.29. The molecule has 23 heavy (non-hydrogen) atoms. The first-order valence-electron chi connectivity index (χ1n) is 7.46. The van der Waals surface area contributed by atoms with Gasteiger partial charge in [0.1, 0.15) is 0 Å². The molecular formula is C18H19NO3S. The minimum Gasteiger partial charge on any atom is -0.493 e. The maximum Gasteiger partial charge on any atom is 0.237 e. The highest BCUT2D eigenvalue weighted by molar-refractivity contribution is 8.00. The summed E-state index contributed by atoms with van der Waals surface area (Å²) in [7, 11) is 3.22. The normalized spacial score (nSPS) is 12.9. The summed E-state index contributed by atoms with van der Waals surface area (Å²) < 4.78 is 10.5. The molecule has 4 nitrogen and oxygen atoms in total. The number of methoxy groups -OCH3 is 2. The fourth-order valence-corrected chi connectivity index (χ4v) is 3.53. The second-order valence-corrected chi connectivity index (χ2v) is 6.28. The predicted molar refractivity (Wildman–Crippen MR) is 92.8 cm³/mol. The second kappa shape index (κ2) is 6.96. The Morgan fingerprint density at radius 3 is 2.70 bits per heavy atom. The Morgan fingerprint density at radius 1 is 1.13 bits per heavy atom. The third-order valence-electron chi connectivity index (χ3n) is 3.91. The van der Waals surface area contributed by atoms with E-state index >= 15 is 0 Å². The summed E-state index contributed by atoms with van der Waals surface area (Å²) >= 11 is 1.51. The van der Waals surface area contributed by atoms with E-state index in [1.165, 1.54) is 17.3 Å². The van der Waals surface area contributed by atoms with E-state index in [9.17, 15) is 4.79 Å². The Morgan fingerprint density at radius 2 is 1.91 bits per heavy atom. The number of carbonyl (C=O) groups excluding carboxylic acids is 1. The van der Waals surface area contributed by atoms with Gasteiger partial charge in [0, 0.05) is 17.1 Å². The van der Waals surface area contributed by atoms with Crippen LogP contribution in [0.3, 0.4) is 0 Å². The van der Waals surface area contributed by atoms with Crippen molar-refractivity contribution in [2.75, 3.05) is 31.4 Å². The maximum atomic E-state index is 12.5. The Kier molecular flexibility index (Phi) is 4.76. The minimum atomic E-state index is 0.134. The van der Waals surface area contributed by atoms with Crippen molar-refractivity contribution in [1.82, 2.24) is 0 Å². The van der Waals surface area contributed by atoms with E-state index in [2.05, 4.69) is 6.07 Å². The van der Waals surface area contributed by atoms with Crippen LogP contribution in [-0.4, -0.2) is 32.4 Å². The smallest absolute Gasteiger partial charge is 0.237 e. The van der Waals surface area contributed by atoms with Crippen LogP contribution >= 0.6 is 11.8 Å². The van der Waals surface area contributed by atoms with Crippen molar-refractivity contribution in [1.29, 1.82) is 0 Å².